The molecule has 0 aromatic heterocycles. The molecule has 0 bridgehead atoms. The highest BCUT2D eigenvalue weighted by Gasteiger charge is 2.30. The molecule has 1 aliphatic rings. The maximum atomic E-state index is 11.0. The molecule has 16 heavy (non-hydrogen) atoms. The minimum absolute atomic E-state index is 0.587. The van der Waals surface area contributed by atoms with Gasteiger partial charge in [-0.15, -0.1) is 0 Å². The highest BCUT2D eigenvalue weighted by atomic mass is 16.4. The maximum absolute atomic E-state index is 11.0. The first-order valence-electron chi connectivity index (χ1n) is 6.28. The summed E-state index contributed by atoms with van der Waals surface area (Å²) in [7, 11) is 0. The zero-order valence-electron chi connectivity index (χ0n) is 11.0. The van der Waals surface area contributed by atoms with Crippen LogP contribution in [0.25, 0.3) is 0 Å². The quantitative estimate of drug-likeness (QED) is 0.784. The average molecular weight is 227 g/mol. The molecule has 3 heteroatoms. The number of hydrogen-bond donors (Lipinski definition) is 1. The predicted octanol–water partition coefficient (Wildman–Crippen LogP) is 2.47. The average Bonchev–Trinajstić information content (AvgIpc) is 2.63. The molecule has 1 unspecified atom stereocenters. The molecule has 1 heterocycles. The van der Waals surface area contributed by atoms with Gasteiger partial charge in [-0.05, 0) is 51.6 Å². The van der Waals surface area contributed by atoms with Crippen LogP contribution in [-0.2, 0) is 4.79 Å². The molecule has 1 fully saturated rings. The molecule has 1 saturated heterocycles. The van der Waals surface area contributed by atoms with E-state index in [-0.39, 0.29) is 0 Å². The molecule has 0 amide bonds. The lowest BCUT2D eigenvalue weighted by Gasteiger charge is -2.23. The first-order valence-corrected chi connectivity index (χ1v) is 6.28. The fourth-order valence-corrected chi connectivity index (χ4v) is 2.15. The normalized spacial score (nSPS) is 22.9. The smallest absolute Gasteiger partial charge is 0.309 e. The summed E-state index contributed by atoms with van der Waals surface area (Å²) in [6, 6.07) is 0. The Morgan fingerprint density at radius 3 is 2.56 bits per heavy atom. The van der Waals surface area contributed by atoms with Crippen molar-refractivity contribution in [3.05, 3.63) is 0 Å². The largest absolute Gasteiger partial charge is 0.481 e. The summed E-state index contributed by atoms with van der Waals surface area (Å²) >= 11 is 0. The summed E-state index contributed by atoms with van der Waals surface area (Å²) in [5.41, 5.74) is -0.587. The van der Waals surface area contributed by atoms with Gasteiger partial charge in [0.2, 0.25) is 0 Å². The van der Waals surface area contributed by atoms with E-state index in [9.17, 15) is 4.79 Å². The second-order valence-electron chi connectivity index (χ2n) is 6.03. The number of nitrogens with zero attached hydrogens (tertiary/aromatic N) is 1. The van der Waals surface area contributed by atoms with Crippen LogP contribution in [0, 0.1) is 17.3 Å². The van der Waals surface area contributed by atoms with Crippen LogP contribution < -0.4 is 0 Å². The molecule has 0 radical (unpaired) electrons. The fourth-order valence-electron chi connectivity index (χ4n) is 2.15. The summed E-state index contributed by atoms with van der Waals surface area (Å²) < 4.78 is 0. The van der Waals surface area contributed by atoms with E-state index in [1.165, 1.54) is 6.42 Å². The first-order chi connectivity index (χ1) is 7.33. The molecular formula is C13H25NO2. The van der Waals surface area contributed by atoms with Crippen LogP contribution in [0.4, 0.5) is 0 Å². The van der Waals surface area contributed by atoms with Gasteiger partial charge in [0.25, 0.3) is 0 Å². The van der Waals surface area contributed by atoms with Crippen LogP contribution in [0.15, 0.2) is 0 Å². The van der Waals surface area contributed by atoms with Crippen molar-refractivity contribution in [3.8, 4) is 0 Å². The van der Waals surface area contributed by atoms with E-state index in [4.69, 9.17) is 5.11 Å². The number of hydrogen-bond acceptors (Lipinski definition) is 2. The van der Waals surface area contributed by atoms with Gasteiger partial charge in [-0.25, -0.2) is 0 Å². The maximum Gasteiger partial charge on any atom is 0.309 e. The van der Waals surface area contributed by atoms with Gasteiger partial charge >= 0.3 is 5.97 Å². The van der Waals surface area contributed by atoms with Crippen LogP contribution in [0.5, 0.6) is 0 Å². The van der Waals surface area contributed by atoms with Crippen LogP contribution in [0.1, 0.15) is 40.5 Å². The van der Waals surface area contributed by atoms with Crippen LogP contribution >= 0.6 is 0 Å². The van der Waals surface area contributed by atoms with Crippen molar-refractivity contribution in [2.75, 3.05) is 19.6 Å². The molecule has 1 atom stereocenters. The Balaban J connectivity index is 2.33. The number of aliphatic carboxylic acids is 1. The van der Waals surface area contributed by atoms with E-state index >= 15 is 0 Å². The van der Waals surface area contributed by atoms with Crippen molar-refractivity contribution in [3.63, 3.8) is 0 Å². The van der Waals surface area contributed by atoms with Crippen molar-refractivity contribution in [1.29, 1.82) is 0 Å². The second-order valence-corrected chi connectivity index (χ2v) is 6.03. The molecule has 1 aliphatic heterocycles. The molecule has 1 rings (SSSR count). The van der Waals surface area contributed by atoms with Gasteiger partial charge in [-0.2, -0.15) is 0 Å². The number of likely N-dealkylation sites (tertiary alicyclic amines) is 1. The second kappa shape index (κ2) is 5.17. The Hall–Kier alpha value is -0.570. The lowest BCUT2D eigenvalue weighted by Crippen LogP contribution is -2.31. The summed E-state index contributed by atoms with van der Waals surface area (Å²) in [4.78, 5) is 13.4. The Bertz CT molecular complexity index is 248. The molecule has 3 nitrogen and oxygen atoms in total. The van der Waals surface area contributed by atoms with Crippen LogP contribution in [0.2, 0.25) is 0 Å². The summed E-state index contributed by atoms with van der Waals surface area (Å²) in [5.74, 6) is 0.859. The summed E-state index contributed by atoms with van der Waals surface area (Å²) in [6.45, 7) is 11.4. The van der Waals surface area contributed by atoms with Gasteiger partial charge in [0.1, 0.15) is 0 Å². The topological polar surface area (TPSA) is 40.5 Å². The van der Waals surface area contributed by atoms with Crippen molar-refractivity contribution in [2.45, 2.75) is 40.5 Å². The molecule has 94 valence electrons. The van der Waals surface area contributed by atoms with E-state index < -0.39 is 11.4 Å². The van der Waals surface area contributed by atoms with Gasteiger partial charge in [0, 0.05) is 6.54 Å². The minimum Gasteiger partial charge on any atom is -0.481 e. The third kappa shape index (κ3) is 3.48. The Kier molecular flexibility index (Phi) is 4.36. The van der Waals surface area contributed by atoms with Gasteiger partial charge in [-0.3, -0.25) is 4.79 Å². The Morgan fingerprint density at radius 2 is 2.12 bits per heavy atom. The molecule has 1 N–H and O–H groups in total. The molecule has 0 spiro atoms. The van der Waals surface area contributed by atoms with E-state index in [1.54, 1.807) is 0 Å². The number of carboxylic acids is 1. The van der Waals surface area contributed by atoms with E-state index in [0.717, 1.165) is 37.9 Å². The van der Waals surface area contributed by atoms with E-state index in [0.29, 0.717) is 0 Å². The van der Waals surface area contributed by atoms with Crippen molar-refractivity contribution < 1.29 is 9.90 Å². The molecular weight excluding hydrogens is 202 g/mol. The lowest BCUT2D eigenvalue weighted by atomic mass is 9.89. The monoisotopic (exact) mass is 227 g/mol. The molecule has 0 aliphatic carbocycles. The Morgan fingerprint density at radius 1 is 1.50 bits per heavy atom. The highest BCUT2D eigenvalue weighted by Crippen LogP contribution is 2.26. The highest BCUT2D eigenvalue weighted by molar-refractivity contribution is 5.73. The van der Waals surface area contributed by atoms with Gasteiger partial charge < -0.3 is 10.0 Å². The van der Waals surface area contributed by atoms with Crippen molar-refractivity contribution in [1.82, 2.24) is 4.90 Å². The third-order valence-electron chi connectivity index (χ3n) is 3.88. The van der Waals surface area contributed by atoms with Gasteiger partial charge in [0.05, 0.1) is 5.41 Å². The van der Waals surface area contributed by atoms with Crippen LogP contribution in [0.3, 0.4) is 0 Å². The fraction of sp³-hybridized carbons (Fsp3) is 0.923. The zero-order chi connectivity index (χ0) is 12.3. The Labute approximate surface area is 98.8 Å². The summed E-state index contributed by atoms with van der Waals surface area (Å²) in [5, 5.41) is 9.04. The number of carbonyl (C=O) groups is 1. The van der Waals surface area contributed by atoms with Crippen LogP contribution in [-0.4, -0.2) is 35.6 Å². The molecule has 0 saturated carbocycles. The standard InChI is InChI=1S/C13H25NO2/c1-10(2)11-5-7-14(9-11)8-6-13(3,4)12(15)16/h10-11H,5-9H2,1-4H3,(H,15,16). The summed E-state index contributed by atoms with van der Waals surface area (Å²) in [6.07, 6.45) is 2.01. The van der Waals surface area contributed by atoms with E-state index in [1.807, 2.05) is 13.8 Å². The van der Waals surface area contributed by atoms with Gasteiger partial charge in [0.15, 0.2) is 0 Å². The third-order valence-corrected chi connectivity index (χ3v) is 3.88. The number of rotatable bonds is 5. The zero-order valence-corrected chi connectivity index (χ0v) is 11.0. The SMILES string of the molecule is CC(C)C1CCN(CCC(C)(C)C(=O)O)C1. The first kappa shape index (κ1) is 13.5. The molecule has 0 aromatic carbocycles. The van der Waals surface area contributed by atoms with Crippen molar-refractivity contribution >= 4 is 5.97 Å². The predicted molar refractivity (Wildman–Crippen MR) is 65.4 cm³/mol. The van der Waals surface area contributed by atoms with Crippen molar-refractivity contribution in [2.24, 2.45) is 17.3 Å². The lowest BCUT2D eigenvalue weighted by molar-refractivity contribution is -0.147. The minimum atomic E-state index is -0.688. The van der Waals surface area contributed by atoms with E-state index in [2.05, 4.69) is 18.7 Å². The molecule has 0 aromatic rings. The van der Waals surface area contributed by atoms with Gasteiger partial charge in [-0.1, -0.05) is 13.8 Å². The number of carboxylic acid groups (broad SMARTS) is 1.